The van der Waals surface area contributed by atoms with Crippen molar-refractivity contribution in [2.45, 2.75) is 6.04 Å². The molecule has 2 aliphatic rings. The third kappa shape index (κ3) is 2.66. The maximum absolute atomic E-state index is 6.13. The summed E-state index contributed by atoms with van der Waals surface area (Å²) in [5.41, 5.74) is 4.04. The average Bonchev–Trinajstić information content (AvgIpc) is 3.26. The standard InChI is InChI=1S/C17H16BrN3O2S/c1-21(5-6-22-2)11-3-4-12-13(8-11)23-17-15(19-20-16(12)17)10-7-14(18)24-9-10/h3-4,7-9,16H,5-6H2,1-2H3. The van der Waals surface area contributed by atoms with Crippen LogP contribution in [0.4, 0.5) is 5.69 Å². The molecule has 2 aromatic rings. The molecule has 0 amide bonds. The maximum atomic E-state index is 6.13. The van der Waals surface area contributed by atoms with Gasteiger partial charge in [0.1, 0.15) is 11.4 Å². The van der Waals surface area contributed by atoms with Crippen LogP contribution in [0.1, 0.15) is 17.2 Å². The van der Waals surface area contributed by atoms with Crippen molar-refractivity contribution in [2.75, 3.05) is 32.2 Å². The molecule has 0 radical (unpaired) electrons. The van der Waals surface area contributed by atoms with Gasteiger partial charge in [0.15, 0.2) is 11.8 Å². The number of rotatable bonds is 5. The van der Waals surface area contributed by atoms with Crippen molar-refractivity contribution < 1.29 is 9.47 Å². The molecule has 2 aliphatic heterocycles. The van der Waals surface area contributed by atoms with Crippen LogP contribution in [0, 0.1) is 0 Å². The minimum Gasteiger partial charge on any atom is -0.456 e. The van der Waals surface area contributed by atoms with E-state index in [9.17, 15) is 0 Å². The Balaban J connectivity index is 1.64. The average molecular weight is 406 g/mol. The largest absolute Gasteiger partial charge is 0.456 e. The van der Waals surface area contributed by atoms with Gasteiger partial charge in [0, 0.05) is 49.0 Å². The molecule has 0 aliphatic carbocycles. The lowest BCUT2D eigenvalue weighted by Gasteiger charge is -2.19. The van der Waals surface area contributed by atoms with E-state index in [0.29, 0.717) is 6.61 Å². The molecular formula is C17H16BrN3O2S. The van der Waals surface area contributed by atoms with E-state index in [4.69, 9.17) is 9.47 Å². The second kappa shape index (κ2) is 6.31. The molecule has 5 nitrogen and oxygen atoms in total. The van der Waals surface area contributed by atoms with Crippen LogP contribution in [0.3, 0.4) is 0 Å². The van der Waals surface area contributed by atoms with Crippen LogP contribution in [0.2, 0.25) is 0 Å². The topological polar surface area (TPSA) is 46.4 Å². The molecule has 0 saturated heterocycles. The fourth-order valence-electron chi connectivity index (χ4n) is 2.84. The van der Waals surface area contributed by atoms with Gasteiger partial charge in [-0.2, -0.15) is 10.2 Å². The monoisotopic (exact) mass is 405 g/mol. The normalized spacial score (nSPS) is 17.9. The number of anilines is 1. The number of fused-ring (bicyclic) bond motifs is 3. The highest BCUT2D eigenvalue weighted by atomic mass is 79.9. The Bertz CT molecular complexity index is 846. The first-order valence-electron chi connectivity index (χ1n) is 7.58. The van der Waals surface area contributed by atoms with Crippen molar-refractivity contribution in [3.05, 3.63) is 50.3 Å². The molecule has 0 fully saturated rings. The summed E-state index contributed by atoms with van der Waals surface area (Å²) < 4.78 is 12.3. The highest BCUT2D eigenvalue weighted by Gasteiger charge is 2.37. The summed E-state index contributed by atoms with van der Waals surface area (Å²) in [6.07, 6.45) is 0. The predicted molar refractivity (Wildman–Crippen MR) is 98.8 cm³/mol. The van der Waals surface area contributed by atoms with E-state index < -0.39 is 0 Å². The fraction of sp³-hybridized carbons (Fsp3) is 0.294. The number of thiophene rings is 1. The van der Waals surface area contributed by atoms with Crippen LogP contribution in [-0.4, -0.2) is 27.3 Å². The molecule has 124 valence electrons. The number of halogens is 1. The van der Waals surface area contributed by atoms with E-state index in [0.717, 1.165) is 44.4 Å². The van der Waals surface area contributed by atoms with Gasteiger partial charge in [-0.05, 0) is 28.1 Å². The number of benzene rings is 1. The Hall–Kier alpha value is -1.70. The Labute approximate surface area is 152 Å². The van der Waals surface area contributed by atoms with Gasteiger partial charge in [-0.25, -0.2) is 0 Å². The van der Waals surface area contributed by atoms with Crippen molar-refractivity contribution in [1.29, 1.82) is 0 Å². The van der Waals surface area contributed by atoms with Crippen LogP contribution < -0.4 is 9.64 Å². The summed E-state index contributed by atoms with van der Waals surface area (Å²) in [4.78, 5) is 2.15. The first-order chi connectivity index (χ1) is 11.7. The van der Waals surface area contributed by atoms with E-state index >= 15 is 0 Å². The fourth-order valence-corrected chi connectivity index (χ4v) is 3.98. The van der Waals surface area contributed by atoms with Crippen LogP contribution in [0.5, 0.6) is 5.75 Å². The first-order valence-corrected chi connectivity index (χ1v) is 9.26. The zero-order chi connectivity index (χ0) is 16.7. The van der Waals surface area contributed by atoms with Gasteiger partial charge in [-0.1, -0.05) is 6.07 Å². The molecule has 1 unspecified atom stereocenters. The highest BCUT2D eigenvalue weighted by Crippen LogP contribution is 2.50. The van der Waals surface area contributed by atoms with Gasteiger partial charge in [0.25, 0.3) is 0 Å². The van der Waals surface area contributed by atoms with Crippen LogP contribution in [0.25, 0.3) is 5.70 Å². The lowest BCUT2D eigenvalue weighted by molar-refractivity contribution is 0.206. The number of ether oxygens (including phenoxy) is 2. The molecule has 0 bridgehead atoms. The Morgan fingerprint density at radius 2 is 2.25 bits per heavy atom. The van der Waals surface area contributed by atoms with Crippen LogP contribution in [0.15, 0.2) is 49.4 Å². The van der Waals surface area contributed by atoms with E-state index in [1.807, 2.05) is 13.1 Å². The molecule has 1 aromatic carbocycles. The summed E-state index contributed by atoms with van der Waals surface area (Å²) in [6.45, 7) is 1.52. The van der Waals surface area contributed by atoms with Gasteiger partial charge < -0.3 is 14.4 Å². The van der Waals surface area contributed by atoms with Gasteiger partial charge in [0.05, 0.1) is 10.4 Å². The van der Waals surface area contributed by atoms with Gasteiger partial charge >= 0.3 is 0 Å². The molecule has 4 rings (SSSR count). The van der Waals surface area contributed by atoms with E-state index in [1.54, 1.807) is 18.4 Å². The molecule has 0 saturated carbocycles. The zero-order valence-electron chi connectivity index (χ0n) is 13.3. The van der Waals surface area contributed by atoms with Crippen molar-refractivity contribution in [3.8, 4) is 5.75 Å². The molecule has 0 spiro atoms. The summed E-state index contributed by atoms with van der Waals surface area (Å²) in [5.74, 6) is 1.69. The molecule has 24 heavy (non-hydrogen) atoms. The van der Waals surface area contributed by atoms with Crippen molar-refractivity contribution >= 4 is 38.7 Å². The number of hydrogen-bond donors (Lipinski definition) is 0. The second-order valence-corrected chi connectivity index (χ2v) is 8.00. The SMILES string of the molecule is COCCN(C)c1ccc2c(c1)OC1=C(c3csc(Br)c3)N=NC12. The lowest BCUT2D eigenvalue weighted by atomic mass is 10.1. The quantitative estimate of drug-likeness (QED) is 0.713. The van der Waals surface area contributed by atoms with Crippen molar-refractivity contribution in [1.82, 2.24) is 0 Å². The summed E-state index contributed by atoms with van der Waals surface area (Å²) in [6, 6.07) is 8.16. The maximum Gasteiger partial charge on any atom is 0.163 e. The minimum absolute atomic E-state index is 0.119. The van der Waals surface area contributed by atoms with Crippen molar-refractivity contribution in [3.63, 3.8) is 0 Å². The van der Waals surface area contributed by atoms with Gasteiger partial charge in [-0.15, -0.1) is 11.3 Å². The predicted octanol–water partition coefficient (Wildman–Crippen LogP) is 4.86. The van der Waals surface area contributed by atoms with Crippen LogP contribution >= 0.6 is 27.3 Å². The van der Waals surface area contributed by atoms with E-state index in [2.05, 4.69) is 54.6 Å². The van der Waals surface area contributed by atoms with E-state index in [1.165, 1.54) is 0 Å². The van der Waals surface area contributed by atoms with E-state index in [-0.39, 0.29) is 6.04 Å². The highest BCUT2D eigenvalue weighted by molar-refractivity contribution is 9.11. The third-order valence-electron chi connectivity index (χ3n) is 4.18. The summed E-state index contributed by atoms with van der Waals surface area (Å²) >= 11 is 5.12. The molecular weight excluding hydrogens is 390 g/mol. The summed E-state index contributed by atoms with van der Waals surface area (Å²) in [5, 5.41) is 10.8. The Kier molecular flexibility index (Phi) is 4.15. The number of azo groups is 1. The number of nitrogens with zero attached hydrogens (tertiary/aromatic N) is 3. The number of likely N-dealkylation sites (N-methyl/N-ethyl adjacent to an activating group) is 1. The van der Waals surface area contributed by atoms with Gasteiger partial charge in [-0.3, -0.25) is 0 Å². The van der Waals surface area contributed by atoms with Crippen molar-refractivity contribution in [2.24, 2.45) is 10.2 Å². The Morgan fingerprint density at radius 3 is 3.00 bits per heavy atom. The molecule has 7 heteroatoms. The molecule has 1 aromatic heterocycles. The number of hydrogen-bond acceptors (Lipinski definition) is 6. The second-order valence-electron chi connectivity index (χ2n) is 5.71. The molecule has 3 heterocycles. The lowest BCUT2D eigenvalue weighted by Crippen LogP contribution is -2.21. The van der Waals surface area contributed by atoms with Crippen LogP contribution in [-0.2, 0) is 4.74 Å². The first kappa shape index (κ1) is 15.8. The zero-order valence-corrected chi connectivity index (χ0v) is 15.7. The summed E-state index contributed by atoms with van der Waals surface area (Å²) in [7, 11) is 3.76. The smallest absolute Gasteiger partial charge is 0.163 e. The number of methoxy groups -OCH3 is 1. The Morgan fingerprint density at radius 1 is 1.38 bits per heavy atom. The molecule has 1 atom stereocenters. The molecule has 0 N–H and O–H groups in total. The minimum atomic E-state index is -0.119. The third-order valence-corrected chi connectivity index (χ3v) is 5.68. The van der Waals surface area contributed by atoms with Gasteiger partial charge in [0.2, 0.25) is 0 Å².